The molecule has 0 unspecified atom stereocenters. The first-order chi connectivity index (χ1) is 15.0. The van der Waals surface area contributed by atoms with Crippen LogP contribution in [0.25, 0.3) is 0 Å². The molecule has 0 spiro atoms. The summed E-state index contributed by atoms with van der Waals surface area (Å²) >= 11 is 0. The Hall–Kier alpha value is -2.77. The summed E-state index contributed by atoms with van der Waals surface area (Å²) in [5.41, 5.74) is 2.26. The zero-order valence-electron chi connectivity index (χ0n) is 17.9. The first kappa shape index (κ1) is 22.9. The van der Waals surface area contributed by atoms with Crippen molar-refractivity contribution in [3.63, 3.8) is 0 Å². The number of benzene rings is 2. The number of ether oxygens (including phenoxy) is 1. The Balaban J connectivity index is 1.74. The maximum absolute atomic E-state index is 13.2. The van der Waals surface area contributed by atoms with Crippen molar-refractivity contribution in [1.82, 2.24) is 4.90 Å². The summed E-state index contributed by atoms with van der Waals surface area (Å²) in [4.78, 5) is 26.3. The minimum atomic E-state index is -0.573. The monoisotopic (exact) mass is 428 g/mol. The van der Waals surface area contributed by atoms with Crippen molar-refractivity contribution in [3.8, 4) is 0 Å². The lowest BCUT2D eigenvalue weighted by molar-refractivity contribution is -0.162. The van der Waals surface area contributed by atoms with E-state index in [-0.39, 0.29) is 43.3 Å². The van der Waals surface area contributed by atoms with Crippen LogP contribution in [-0.2, 0) is 20.9 Å². The Morgan fingerprint density at radius 1 is 1.16 bits per heavy atom. The largest absolute Gasteiger partial charge is 0.394 e. The molecule has 0 radical (unpaired) electrons. The fraction of sp³-hybridized carbons (Fsp3) is 0.417. The molecule has 3 rings (SSSR count). The number of hydrogen-bond donors (Lipinski definition) is 2. The van der Waals surface area contributed by atoms with Crippen LogP contribution in [-0.4, -0.2) is 41.1 Å². The van der Waals surface area contributed by atoms with Crippen molar-refractivity contribution in [2.45, 2.75) is 45.4 Å². The molecule has 1 aliphatic rings. The highest BCUT2D eigenvalue weighted by Gasteiger charge is 2.37. The average Bonchev–Trinajstić information content (AvgIpc) is 2.78. The number of carbonyl (C=O) groups excluding carboxylic acids is 2. The lowest BCUT2D eigenvalue weighted by atomic mass is 9.98. The van der Waals surface area contributed by atoms with Gasteiger partial charge in [-0.1, -0.05) is 38.1 Å². The van der Waals surface area contributed by atoms with E-state index in [0.717, 1.165) is 24.0 Å². The van der Waals surface area contributed by atoms with Gasteiger partial charge in [0.25, 0.3) is 0 Å². The minimum Gasteiger partial charge on any atom is -0.394 e. The summed E-state index contributed by atoms with van der Waals surface area (Å²) in [6, 6.07) is 12.6. The molecule has 0 aliphatic carbocycles. The molecule has 1 fully saturated rings. The summed E-state index contributed by atoms with van der Waals surface area (Å²) in [5, 5.41) is 13.0. The Morgan fingerprint density at radius 3 is 2.39 bits per heavy atom. The van der Waals surface area contributed by atoms with Gasteiger partial charge in [-0.2, -0.15) is 0 Å². The molecule has 0 bridgehead atoms. The van der Waals surface area contributed by atoms with E-state index in [0.29, 0.717) is 5.69 Å². The maximum Gasteiger partial charge on any atom is 0.249 e. The van der Waals surface area contributed by atoms with Gasteiger partial charge in [0.1, 0.15) is 18.5 Å². The number of nitrogens with zero attached hydrogens (tertiary/aromatic N) is 1. The van der Waals surface area contributed by atoms with Crippen LogP contribution in [0, 0.1) is 11.7 Å². The smallest absolute Gasteiger partial charge is 0.249 e. The van der Waals surface area contributed by atoms with E-state index in [1.165, 1.54) is 12.1 Å². The first-order valence-electron chi connectivity index (χ1n) is 10.6. The molecular weight excluding hydrogens is 399 g/mol. The molecule has 166 valence electrons. The number of aliphatic hydroxyl groups excluding tert-OH is 1. The van der Waals surface area contributed by atoms with Gasteiger partial charge in [0, 0.05) is 18.2 Å². The molecule has 2 aromatic carbocycles. The van der Waals surface area contributed by atoms with Gasteiger partial charge in [0.15, 0.2) is 0 Å². The van der Waals surface area contributed by atoms with Crippen LogP contribution < -0.4 is 5.32 Å². The van der Waals surface area contributed by atoms with Crippen LogP contribution in [0.2, 0.25) is 0 Å². The highest BCUT2D eigenvalue weighted by molar-refractivity contribution is 5.92. The molecule has 1 heterocycles. The van der Waals surface area contributed by atoms with Gasteiger partial charge < -0.3 is 20.1 Å². The van der Waals surface area contributed by atoms with Crippen molar-refractivity contribution < 1.29 is 23.8 Å². The van der Waals surface area contributed by atoms with E-state index in [9.17, 15) is 19.1 Å². The van der Waals surface area contributed by atoms with E-state index < -0.39 is 12.1 Å². The number of nitrogens with one attached hydrogen (secondary N) is 1. The Morgan fingerprint density at radius 2 is 1.81 bits per heavy atom. The molecule has 31 heavy (non-hydrogen) atoms. The van der Waals surface area contributed by atoms with Gasteiger partial charge in [-0.25, -0.2) is 4.39 Å². The van der Waals surface area contributed by atoms with Crippen LogP contribution in [0.15, 0.2) is 48.5 Å². The molecule has 0 saturated carbocycles. The van der Waals surface area contributed by atoms with Gasteiger partial charge >= 0.3 is 0 Å². The predicted molar refractivity (Wildman–Crippen MR) is 116 cm³/mol. The van der Waals surface area contributed by atoms with Crippen molar-refractivity contribution in [2.24, 2.45) is 5.92 Å². The zero-order chi connectivity index (χ0) is 22.4. The number of aliphatic hydroxyl groups is 1. The normalized spacial score (nSPS) is 19.0. The summed E-state index contributed by atoms with van der Waals surface area (Å²) in [6.45, 7) is 3.87. The Bertz CT molecular complexity index is 881. The number of halogens is 1. The summed E-state index contributed by atoms with van der Waals surface area (Å²) in [7, 11) is 0. The quantitative estimate of drug-likeness (QED) is 0.673. The van der Waals surface area contributed by atoms with Crippen LogP contribution in [0.5, 0.6) is 0 Å². The van der Waals surface area contributed by atoms with Crippen LogP contribution in [0.1, 0.15) is 43.9 Å². The van der Waals surface area contributed by atoms with Crippen molar-refractivity contribution in [3.05, 3.63) is 65.5 Å². The second kappa shape index (κ2) is 10.5. The average molecular weight is 429 g/mol. The second-order valence-electron chi connectivity index (χ2n) is 7.75. The van der Waals surface area contributed by atoms with Crippen LogP contribution >= 0.6 is 0 Å². The van der Waals surface area contributed by atoms with Crippen molar-refractivity contribution >= 4 is 17.5 Å². The lowest BCUT2D eigenvalue weighted by Crippen LogP contribution is -2.52. The van der Waals surface area contributed by atoms with E-state index in [4.69, 9.17) is 4.74 Å². The second-order valence-corrected chi connectivity index (χ2v) is 7.75. The molecule has 2 atom stereocenters. The number of anilines is 1. The highest BCUT2D eigenvalue weighted by Crippen LogP contribution is 2.31. The fourth-order valence-corrected chi connectivity index (χ4v) is 3.87. The SMILES string of the molecule is CCC(CC)C(=O)Nc1ccc([C@H]2OCC(=O)N(Cc3ccc(F)cc3)[C@@H]2CO)cc1. The number of hydrogen-bond acceptors (Lipinski definition) is 4. The molecular formula is C24H29FN2O4. The minimum absolute atomic E-state index is 0.00373. The molecule has 2 aromatic rings. The molecule has 2 amide bonds. The summed E-state index contributed by atoms with van der Waals surface area (Å²) < 4.78 is 19.0. The number of carbonyl (C=O) groups is 2. The Kier molecular flexibility index (Phi) is 7.76. The number of amides is 2. The molecule has 0 aromatic heterocycles. The Labute approximate surface area is 182 Å². The van der Waals surface area contributed by atoms with Gasteiger partial charge in [0.05, 0.1) is 12.6 Å². The van der Waals surface area contributed by atoms with Gasteiger partial charge in [-0.05, 0) is 48.2 Å². The van der Waals surface area contributed by atoms with Crippen LogP contribution in [0.4, 0.5) is 10.1 Å². The third kappa shape index (κ3) is 5.48. The molecule has 6 nitrogen and oxygen atoms in total. The third-order valence-corrected chi connectivity index (χ3v) is 5.77. The summed E-state index contributed by atoms with van der Waals surface area (Å²) in [6.07, 6.45) is 1.06. The summed E-state index contributed by atoms with van der Waals surface area (Å²) in [5.74, 6) is -0.596. The molecule has 1 saturated heterocycles. The fourth-order valence-electron chi connectivity index (χ4n) is 3.87. The van der Waals surface area contributed by atoms with E-state index in [1.807, 2.05) is 26.0 Å². The predicted octanol–water partition coefficient (Wildman–Crippen LogP) is 3.66. The highest BCUT2D eigenvalue weighted by atomic mass is 19.1. The number of morpholine rings is 1. The maximum atomic E-state index is 13.2. The van der Waals surface area contributed by atoms with Crippen LogP contribution in [0.3, 0.4) is 0 Å². The molecule has 7 heteroatoms. The number of rotatable bonds is 8. The molecule has 2 N–H and O–H groups in total. The topological polar surface area (TPSA) is 78.9 Å². The van der Waals surface area contributed by atoms with E-state index in [2.05, 4.69) is 5.32 Å². The van der Waals surface area contributed by atoms with E-state index in [1.54, 1.807) is 29.2 Å². The third-order valence-electron chi connectivity index (χ3n) is 5.77. The zero-order valence-corrected chi connectivity index (χ0v) is 17.9. The van der Waals surface area contributed by atoms with Gasteiger partial charge in [-0.15, -0.1) is 0 Å². The van der Waals surface area contributed by atoms with Crippen molar-refractivity contribution in [1.29, 1.82) is 0 Å². The first-order valence-corrected chi connectivity index (χ1v) is 10.6. The van der Waals surface area contributed by atoms with Gasteiger partial charge in [0.2, 0.25) is 11.8 Å². The van der Waals surface area contributed by atoms with Gasteiger partial charge in [-0.3, -0.25) is 9.59 Å². The standard InChI is InChI=1S/C24H29FN2O4/c1-3-17(4-2)24(30)26-20-11-7-18(8-12-20)23-21(14-28)27(22(29)15-31-23)13-16-5-9-19(25)10-6-16/h5-12,17,21,23,28H,3-4,13-15H2,1-2H3,(H,26,30)/t21-,23-/m1/s1. The van der Waals surface area contributed by atoms with E-state index >= 15 is 0 Å². The van der Waals surface area contributed by atoms with Crippen molar-refractivity contribution in [2.75, 3.05) is 18.5 Å². The lowest BCUT2D eigenvalue weighted by Gasteiger charge is -2.40. The molecule has 1 aliphatic heterocycles.